The van der Waals surface area contributed by atoms with Crippen LogP contribution < -0.4 is 10.5 Å². The highest BCUT2D eigenvalue weighted by Crippen LogP contribution is 2.42. The summed E-state index contributed by atoms with van der Waals surface area (Å²) in [6, 6.07) is 13.0. The van der Waals surface area contributed by atoms with Crippen molar-refractivity contribution < 1.29 is 14.3 Å². The number of ether oxygens (including phenoxy) is 1. The summed E-state index contributed by atoms with van der Waals surface area (Å²) in [5.74, 6) is 2.99. The van der Waals surface area contributed by atoms with Gasteiger partial charge in [0.1, 0.15) is 11.3 Å². The zero-order valence-corrected chi connectivity index (χ0v) is 27.4. The van der Waals surface area contributed by atoms with Gasteiger partial charge in [0, 0.05) is 70.4 Å². The monoisotopic (exact) mass is 623 g/mol. The molecule has 8 rings (SSSR count). The van der Waals surface area contributed by atoms with Crippen LogP contribution in [0.15, 0.2) is 36.4 Å². The summed E-state index contributed by atoms with van der Waals surface area (Å²) in [7, 11) is 7.36. The fourth-order valence-corrected chi connectivity index (χ4v) is 8.55. The fraction of sp³-hybridized carbons (Fsp3) is 0.528. The lowest BCUT2D eigenvalue weighted by Crippen LogP contribution is -2.43. The van der Waals surface area contributed by atoms with Crippen LogP contribution in [-0.4, -0.2) is 93.7 Å². The third kappa shape index (κ3) is 4.67. The Kier molecular flexibility index (Phi) is 7.04. The molecule has 0 unspecified atom stereocenters. The number of aryl methyl sites for hydroxylation is 1. The molecule has 10 heteroatoms. The maximum Gasteiger partial charge on any atom is 0.319 e. The number of fused-ring (bicyclic) bond motifs is 4. The Balaban J connectivity index is 1.19. The first-order chi connectivity index (χ1) is 22.2. The van der Waals surface area contributed by atoms with Gasteiger partial charge in [-0.25, -0.2) is 9.78 Å². The standard InChI is InChI=1S/C36H45N7O3/c1-39(2)36(45)41-14-12-22(13-15-41)26-7-5-6-23-17-29(42(32(23)26)19-21-8-9-21)34-38-27-16-25(18-30(46-4)33(27)40(34)3)35(44)43-20-24-10-11-28(43)31(24)37/h5-7,16-18,21-22,24,28,31H,8-15,19-20,37H2,1-4H3/t24-,28-,31-/m1/s1. The molecule has 2 aromatic heterocycles. The van der Waals surface area contributed by atoms with Crippen LogP contribution in [0.5, 0.6) is 5.75 Å². The van der Waals surface area contributed by atoms with E-state index in [9.17, 15) is 9.59 Å². The lowest BCUT2D eigenvalue weighted by molar-refractivity contribution is 0.0700. The normalized spacial score (nSPS) is 23.2. The van der Waals surface area contributed by atoms with Crippen LogP contribution in [0, 0.1) is 11.8 Å². The summed E-state index contributed by atoms with van der Waals surface area (Å²) >= 11 is 0. The average Bonchev–Trinajstić information content (AvgIpc) is 3.45. The van der Waals surface area contributed by atoms with Crippen molar-refractivity contribution in [3.05, 3.63) is 47.5 Å². The van der Waals surface area contributed by atoms with Crippen molar-refractivity contribution in [1.29, 1.82) is 0 Å². The van der Waals surface area contributed by atoms with Gasteiger partial charge in [0.2, 0.25) is 0 Å². The molecule has 4 aromatic rings. The molecule has 242 valence electrons. The highest BCUT2D eigenvalue weighted by molar-refractivity contribution is 6.00. The molecule has 46 heavy (non-hydrogen) atoms. The minimum absolute atomic E-state index is 0.0147. The Hall–Kier alpha value is -4.05. The largest absolute Gasteiger partial charge is 0.494 e. The zero-order valence-electron chi connectivity index (χ0n) is 27.4. The van der Waals surface area contributed by atoms with Crippen LogP contribution in [0.3, 0.4) is 0 Å². The lowest BCUT2D eigenvalue weighted by Gasteiger charge is -2.34. The molecule has 2 aromatic carbocycles. The van der Waals surface area contributed by atoms with E-state index in [1.165, 1.54) is 29.3 Å². The molecule has 2 saturated carbocycles. The zero-order chi connectivity index (χ0) is 31.9. The molecule has 3 atom stereocenters. The number of amides is 3. The first kappa shape index (κ1) is 29.4. The number of rotatable bonds is 6. The fourth-order valence-electron chi connectivity index (χ4n) is 8.55. The molecule has 0 spiro atoms. The van der Waals surface area contributed by atoms with Crippen LogP contribution in [0.4, 0.5) is 4.79 Å². The van der Waals surface area contributed by atoms with Gasteiger partial charge in [-0.3, -0.25) is 4.79 Å². The Labute approximate surface area is 270 Å². The molecule has 2 saturated heterocycles. The van der Waals surface area contributed by atoms with Crippen LogP contribution in [0.25, 0.3) is 33.5 Å². The number of hydrogen-bond donors (Lipinski definition) is 1. The van der Waals surface area contributed by atoms with Crippen LogP contribution in [-0.2, 0) is 13.6 Å². The smallest absolute Gasteiger partial charge is 0.319 e. The van der Waals surface area contributed by atoms with E-state index >= 15 is 0 Å². The van der Waals surface area contributed by atoms with Crippen molar-refractivity contribution in [1.82, 2.24) is 28.8 Å². The van der Waals surface area contributed by atoms with Crippen molar-refractivity contribution >= 4 is 33.9 Å². The molecule has 0 radical (unpaired) electrons. The maximum absolute atomic E-state index is 13.8. The Bertz CT molecular complexity index is 1850. The second kappa shape index (κ2) is 11.0. The Morgan fingerprint density at radius 2 is 1.80 bits per heavy atom. The predicted octanol–water partition coefficient (Wildman–Crippen LogP) is 5.04. The number of methoxy groups -OCH3 is 1. The third-order valence-corrected chi connectivity index (χ3v) is 11.2. The summed E-state index contributed by atoms with van der Waals surface area (Å²) in [6.07, 6.45) is 6.48. The molecule has 3 amide bonds. The number of likely N-dealkylation sites (tertiary alicyclic amines) is 2. The summed E-state index contributed by atoms with van der Waals surface area (Å²) < 4.78 is 10.5. The number of carbonyl (C=O) groups excluding carboxylic acids is 2. The minimum Gasteiger partial charge on any atom is -0.494 e. The molecular weight excluding hydrogens is 578 g/mol. The van der Waals surface area contributed by atoms with Gasteiger partial charge in [-0.2, -0.15) is 0 Å². The van der Waals surface area contributed by atoms with Gasteiger partial charge >= 0.3 is 6.03 Å². The summed E-state index contributed by atoms with van der Waals surface area (Å²) in [5, 5.41) is 1.22. The minimum atomic E-state index is 0.0147. The first-order valence-corrected chi connectivity index (χ1v) is 16.9. The van der Waals surface area contributed by atoms with Crippen molar-refractivity contribution in [2.45, 2.75) is 63.1 Å². The van der Waals surface area contributed by atoms with E-state index in [1.807, 2.05) is 43.1 Å². The van der Waals surface area contributed by atoms with E-state index in [-0.39, 0.29) is 24.0 Å². The second-order valence-corrected chi connectivity index (χ2v) is 14.3. The van der Waals surface area contributed by atoms with Crippen LogP contribution in [0.2, 0.25) is 0 Å². The highest BCUT2D eigenvalue weighted by Gasteiger charge is 2.47. The van der Waals surface area contributed by atoms with Gasteiger partial charge in [-0.1, -0.05) is 18.2 Å². The van der Waals surface area contributed by atoms with E-state index < -0.39 is 0 Å². The molecule has 2 aliphatic carbocycles. The second-order valence-electron chi connectivity index (χ2n) is 14.3. The topological polar surface area (TPSA) is 102 Å². The summed E-state index contributed by atoms with van der Waals surface area (Å²) in [4.78, 5) is 37.2. The number of carbonyl (C=O) groups is 2. The van der Waals surface area contributed by atoms with Crippen molar-refractivity contribution in [2.24, 2.45) is 24.6 Å². The number of para-hydroxylation sites is 1. The quantitative estimate of drug-likeness (QED) is 0.325. The number of imidazole rings is 1. The Morgan fingerprint density at radius 3 is 2.46 bits per heavy atom. The van der Waals surface area contributed by atoms with E-state index in [0.717, 1.165) is 74.4 Å². The molecular formula is C36H45N7O3. The predicted molar refractivity (Wildman–Crippen MR) is 179 cm³/mol. The molecule has 2 N–H and O–H groups in total. The average molecular weight is 624 g/mol. The van der Waals surface area contributed by atoms with E-state index in [2.05, 4.69) is 33.4 Å². The number of piperidine rings is 2. The number of nitrogens with two attached hydrogens (primary N) is 1. The van der Waals surface area contributed by atoms with E-state index in [1.54, 1.807) is 12.0 Å². The SMILES string of the molecule is COc1cc(C(=O)N2C[C@H]3CC[C@@H]2[C@@H]3N)cc2nc(-c3cc4cccc(C5CCN(C(=O)N(C)C)CC5)c4n3CC3CC3)n(C)c12. The van der Waals surface area contributed by atoms with Gasteiger partial charge in [0.05, 0.1) is 23.8 Å². The summed E-state index contributed by atoms with van der Waals surface area (Å²) in [5.41, 5.74) is 12.4. The summed E-state index contributed by atoms with van der Waals surface area (Å²) in [6.45, 7) is 3.22. The molecule has 4 heterocycles. The molecule has 4 fully saturated rings. The molecule has 2 bridgehead atoms. The van der Waals surface area contributed by atoms with Crippen molar-refractivity contribution in [3.63, 3.8) is 0 Å². The van der Waals surface area contributed by atoms with Crippen molar-refractivity contribution in [3.8, 4) is 17.3 Å². The number of aromatic nitrogens is 3. The van der Waals surface area contributed by atoms with Crippen molar-refractivity contribution in [2.75, 3.05) is 40.8 Å². The van der Waals surface area contributed by atoms with Gasteiger partial charge in [0.15, 0.2) is 5.82 Å². The van der Waals surface area contributed by atoms with Gasteiger partial charge in [-0.05, 0) is 80.0 Å². The number of hydrogen-bond acceptors (Lipinski definition) is 5. The number of urea groups is 1. The van der Waals surface area contributed by atoms with E-state index in [0.29, 0.717) is 29.1 Å². The molecule has 10 nitrogen and oxygen atoms in total. The first-order valence-electron chi connectivity index (χ1n) is 16.9. The van der Waals surface area contributed by atoms with Gasteiger partial charge < -0.3 is 34.3 Å². The third-order valence-electron chi connectivity index (χ3n) is 11.2. The Morgan fingerprint density at radius 1 is 1.02 bits per heavy atom. The van der Waals surface area contributed by atoms with Crippen LogP contribution in [0.1, 0.15) is 60.4 Å². The molecule has 4 aliphatic rings. The lowest BCUT2D eigenvalue weighted by atomic mass is 9.88. The molecule has 2 aliphatic heterocycles. The van der Waals surface area contributed by atoms with E-state index in [4.69, 9.17) is 15.5 Å². The van der Waals surface area contributed by atoms with Gasteiger partial charge in [-0.15, -0.1) is 0 Å². The number of benzene rings is 2. The highest BCUT2D eigenvalue weighted by atomic mass is 16.5. The van der Waals surface area contributed by atoms with Gasteiger partial charge in [0.25, 0.3) is 5.91 Å². The number of nitrogens with zero attached hydrogens (tertiary/aromatic N) is 6. The van der Waals surface area contributed by atoms with Crippen LogP contribution >= 0.6 is 0 Å². The maximum atomic E-state index is 13.8.